The van der Waals surface area contributed by atoms with Crippen molar-refractivity contribution in [1.82, 2.24) is 9.78 Å². The zero-order valence-corrected chi connectivity index (χ0v) is 14.2. The lowest BCUT2D eigenvalue weighted by Crippen LogP contribution is -2.14. The Balaban J connectivity index is 1.95. The normalized spacial score (nSPS) is 11.3. The first-order chi connectivity index (χ1) is 11.3. The number of aryl methyl sites for hydroxylation is 1. The maximum absolute atomic E-state index is 12.3. The van der Waals surface area contributed by atoms with Gasteiger partial charge in [0.15, 0.2) is 0 Å². The highest BCUT2D eigenvalue weighted by Gasteiger charge is 2.14. The van der Waals surface area contributed by atoms with Gasteiger partial charge in [-0.3, -0.25) is 14.3 Å². The molecule has 24 heavy (non-hydrogen) atoms. The van der Waals surface area contributed by atoms with E-state index in [9.17, 15) is 9.59 Å². The predicted octanol–water partition coefficient (Wildman–Crippen LogP) is 3.30. The van der Waals surface area contributed by atoms with Gasteiger partial charge < -0.3 is 10.4 Å². The number of rotatable bonds is 6. The summed E-state index contributed by atoms with van der Waals surface area (Å²) in [7, 11) is 0. The van der Waals surface area contributed by atoms with Crippen molar-refractivity contribution < 1.29 is 14.7 Å². The Morgan fingerprint density at radius 3 is 2.46 bits per heavy atom. The average Bonchev–Trinajstić information content (AvgIpc) is 2.93. The van der Waals surface area contributed by atoms with E-state index in [1.54, 1.807) is 17.1 Å². The van der Waals surface area contributed by atoms with Crippen LogP contribution in [-0.4, -0.2) is 26.8 Å². The molecule has 1 amide bonds. The van der Waals surface area contributed by atoms with Crippen LogP contribution in [0.25, 0.3) is 0 Å². The molecule has 0 radical (unpaired) electrons. The molecule has 1 aromatic heterocycles. The smallest absolute Gasteiger partial charge is 0.303 e. The minimum absolute atomic E-state index is 0.0477. The molecular weight excluding hydrogens is 306 g/mol. The fraction of sp³-hybridized carbons (Fsp3) is 0.389. The van der Waals surface area contributed by atoms with Gasteiger partial charge >= 0.3 is 5.97 Å². The van der Waals surface area contributed by atoms with Gasteiger partial charge in [0.25, 0.3) is 5.91 Å². The summed E-state index contributed by atoms with van der Waals surface area (Å²) in [6.45, 7) is 6.88. The molecule has 2 aromatic rings. The quantitative estimate of drug-likeness (QED) is 0.851. The third-order valence-electron chi connectivity index (χ3n) is 3.68. The van der Waals surface area contributed by atoms with E-state index in [-0.39, 0.29) is 17.7 Å². The highest BCUT2D eigenvalue weighted by Crippen LogP contribution is 2.22. The van der Waals surface area contributed by atoms with Gasteiger partial charge in [0.05, 0.1) is 11.9 Å². The number of anilines is 1. The summed E-state index contributed by atoms with van der Waals surface area (Å²) >= 11 is 0. The maximum atomic E-state index is 12.3. The summed E-state index contributed by atoms with van der Waals surface area (Å²) in [4.78, 5) is 22.8. The molecule has 0 atom stereocenters. The Hall–Kier alpha value is -2.63. The molecule has 0 saturated carbocycles. The van der Waals surface area contributed by atoms with Crippen molar-refractivity contribution in [1.29, 1.82) is 0 Å². The van der Waals surface area contributed by atoms with E-state index in [0.29, 0.717) is 24.2 Å². The van der Waals surface area contributed by atoms with Crippen molar-refractivity contribution in [2.45, 2.75) is 45.6 Å². The van der Waals surface area contributed by atoms with Gasteiger partial charge in [0.2, 0.25) is 0 Å². The van der Waals surface area contributed by atoms with Crippen LogP contribution in [0.1, 0.15) is 49.5 Å². The second kappa shape index (κ2) is 7.29. The molecule has 0 fully saturated rings. The number of carbonyl (C=O) groups is 2. The Morgan fingerprint density at radius 1 is 1.21 bits per heavy atom. The van der Waals surface area contributed by atoms with Crippen LogP contribution in [0.2, 0.25) is 0 Å². The Bertz CT molecular complexity index is 712. The number of carboxylic acids is 1. The van der Waals surface area contributed by atoms with Gasteiger partial charge in [-0.05, 0) is 29.5 Å². The summed E-state index contributed by atoms with van der Waals surface area (Å²) in [5.41, 5.74) is 2.40. The van der Waals surface area contributed by atoms with Crippen molar-refractivity contribution in [2.24, 2.45) is 0 Å². The van der Waals surface area contributed by atoms with Gasteiger partial charge in [-0.2, -0.15) is 5.10 Å². The zero-order chi connectivity index (χ0) is 17.7. The first-order valence-electron chi connectivity index (χ1n) is 7.92. The monoisotopic (exact) mass is 329 g/mol. The lowest BCUT2D eigenvalue weighted by Gasteiger charge is -2.18. The topological polar surface area (TPSA) is 84.2 Å². The number of aromatic nitrogens is 2. The molecule has 2 N–H and O–H groups in total. The number of hydrogen-bond donors (Lipinski definition) is 2. The number of amides is 1. The molecule has 0 unspecified atom stereocenters. The molecule has 0 aliphatic carbocycles. The van der Waals surface area contributed by atoms with E-state index >= 15 is 0 Å². The standard InChI is InChI=1S/C18H23N3O3/c1-18(2,3)14-8-6-13(7-9-14)17(24)20-15-11-19-21(12-15)10-4-5-16(22)23/h6-9,11-12H,4-5,10H2,1-3H3,(H,20,24)(H,22,23). The number of nitrogens with zero attached hydrogens (tertiary/aromatic N) is 2. The second-order valence-corrected chi connectivity index (χ2v) is 6.77. The van der Waals surface area contributed by atoms with Crippen molar-refractivity contribution in [3.63, 3.8) is 0 Å². The minimum atomic E-state index is -0.825. The van der Waals surface area contributed by atoms with Crippen LogP contribution in [0.5, 0.6) is 0 Å². The van der Waals surface area contributed by atoms with Crippen LogP contribution in [0, 0.1) is 0 Å². The maximum Gasteiger partial charge on any atom is 0.303 e. The van der Waals surface area contributed by atoms with Crippen LogP contribution in [0.4, 0.5) is 5.69 Å². The molecule has 2 rings (SSSR count). The number of aliphatic carboxylic acids is 1. The van der Waals surface area contributed by atoms with E-state index < -0.39 is 5.97 Å². The molecule has 6 heteroatoms. The Kier molecular flexibility index (Phi) is 5.39. The minimum Gasteiger partial charge on any atom is -0.481 e. The number of carboxylic acid groups (broad SMARTS) is 1. The molecule has 0 saturated heterocycles. The van der Waals surface area contributed by atoms with E-state index in [1.807, 2.05) is 24.3 Å². The number of hydrogen-bond acceptors (Lipinski definition) is 3. The van der Waals surface area contributed by atoms with Crippen molar-refractivity contribution in [3.05, 3.63) is 47.8 Å². The van der Waals surface area contributed by atoms with Crippen molar-refractivity contribution in [3.8, 4) is 0 Å². The van der Waals surface area contributed by atoms with Crippen molar-refractivity contribution in [2.75, 3.05) is 5.32 Å². The molecule has 0 aliphatic heterocycles. The molecule has 0 aliphatic rings. The van der Waals surface area contributed by atoms with Crippen molar-refractivity contribution >= 4 is 17.6 Å². The molecular formula is C18H23N3O3. The Labute approximate surface area is 141 Å². The summed E-state index contributed by atoms with van der Waals surface area (Å²) in [5.74, 6) is -1.02. The van der Waals surface area contributed by atoms with Crippen LogP contribution in [0.3, 0.4) is 0 Å². The van der Waals surface area contributed by atoms with Gasteiger partial charge in [0.1, 0.15) is 0 Å². The first-order valence-corrected chi connectivity index (χ1v) is 7.92. The lowest BCUT2D eigenvalue weighted by molar-refractivity contribution is -0.137. The molecule has 0 bridgehead atoms. The van der Waals surface area contributed by atoms with Gasteiger partial charge in [-0.1, -0.05) is 32.9 Å². The van der Waals surface area contributed by atoms with E-state index in [1.165, 1.54) is 5.56 Å². The first kappa shape index (κ1) is 17.7. The fourth-order valence-corrected chi connectivity index (χ4v) is 2.27. The van der Waals surface area contributed by atoms with Gasteiger partial charge in [-0.15, -0.1) is 0 Å². The third kappa shape index (κ3) is 4.94. The second-order valence-electron chi connectivity index (χ2n) is 6.77. The van der Waals surface area contributed by atoms with Crippen LogP contribution in [0.15, 0.2) is 36.7 Å². The summed E-state index contributed by atoms with van der Waals surface area (Å²) in [6.07, 6.45) is 3.85. The largest absolute Gasteiger partial charge is 0.481 e. The third-order valence-corrected chi connectivity index (χ3v) is 3.68. The van der Waals surface area contributed by atoms with Gasteiger partial charge in [-0.25, -0.2) is 0 Å². The average molecular weight is 329 g/mol. The molecule has 6 nitrogen and oxygen atoms in total. The number of carbonyl (C=O) groups excluding carboxylic acids is 1. The Morgan fingerprint density at radius 2 is 1.88 bits per heavy atom. The molecule has 1 aromatic carbocycles. The van der Waals surface area contributed by atoms with Crippen LogP contribution in [-0.2, 0) is 16.8 Å². The summed E-state index contributed by atoms with van der Waals surface area (Å²) in [6, 6.07) is 7.55. The summed E-state index contributed by atoms with van der Waals surface area (Å²) in [5, 5.41) is 15.5. The highest BCUT2D eigenvalue weighted by atomic mass is 16.4. The van der Waals surface area contributed by atoms with E-state index in [0.717, 1.165) is 0 Å². The van der Waals surface area contributed by atoms with Gasteiger partial charge in [0, 0.05) is 24.7 Å². The number of benzene rings is 1. The molecule has 1 heterocycles. The highest BCUT2D eigenvalue weighted by molar-refractivity contribution is 6.04. The molecule has 128 valence electrons. The zero-order valence-electron chi connectivity index (χ0n) is 14.2. The lowest BCUT2D eigenvalue weighted by atomic mass is 9.87. The van der Waals surface area contributed by atoms with Crippen LogP contribution < -0.4 is 5.32 Å². The summed E-state index contributed by atoms with van der Waals surface area (Å²) < 4.78 is 1.63. The van der Waals surface area contributed by atoms with E-state index in [4.69, 9.17) is 5.11 Å². The number of nitrogens with one attached hydrogen (secondary N) is 1. The van der Waals surface area contributed by atoms with E-state index in [2.05, 4.69) is 31.2 Å². The molecule has 0 spiro atoms. The SMILES string of the molecule is CC(C)(C)c1ccc(C(=O)Nc2cnn(CCCC(=O)O)c2)cc1. The predicted molar refractivity (Wildman–Crippen MR) is 92.2 cm³/mol. The van der Waals surface area contributed by atoms with Crippen LogP contribution >= 0.6 is 0 Å². The fourth-order valence-electron chi connectivity index (χ4n) is 2.27.